The molecule has 0 spiro atoms. The summed E-state index contributed by atoms with van der Waals surface area (Å²) in [7, 11) is -9.20. The van der Waals surface area contributed by atoms with E-state index in [1.165, 1.54) is 82.0 Å². The third-order valence-electron chi connectivity index (χ3n) is 7.41. The van der Waals surface area contributed by atoms with Gasteiger partial charge in [0, 0.05) is 45.6 Å². The molecule has 0 saturated heterocycles. The quantitative estimate of drug-likeness (QED) is 0.0537. The van der Waals surface area contributed by atoms with E-state index in [4.69, 9.17) is 32.3 Å². The van der Waals surface area contributed by atoms with Gasteiger partial charge in [-0.15, -0.1) is 4.52 Å². The van der Waals surface area contributed by atoms with E-state index in [2.05, 4.69) is 0 Å². The fourth-order valence-electron chi connectivity index (χ4n) is 4.78. The normalized spacial score (nSPS) is 16.3. The summed E-state index contributed by atoms with van der Waals surface area (Å²) in [6.07, 6.45) is 0. The highest BCUT2D eigenvalue weighted by atomic mass is 31.3. The molecule has 0 aliphatic carbocycles. The standard InChI is InChI=1S/C36H27N6O12P3/c43-38(44)28-16-22-32(23-17-28)50-42-56(52-34-14-8-3-9-15-34)41(49-31-10-4-1-5-11-31)55(51-33-12-6-2-7-13-33)37-57(42,53-35-24-18-29(19-25-35)39(45)46)54-36-26-20-30(21-27-36)40(47)48/h1-27H. The minimum Gasteiger partial charge on any atom is -0.440 e. The second-order valence-corrected chi connectivity index (χ2v) is 16.9. The lowest BCUT2D eigenvalue weighted by atomic mass is 10.3. The maximum Gasteiger partial charge on any atom is 0.447 e. The van der Waals surface area contributed by atoms with Crippen LogP contribution in [0.25, 0.3) is 0 Å². The van der Waals surface area contributed by atoms with E-state index in [1.807, 2.05) is 0 Å². The van der Waals surface area contributed by atoms with Crippen molar-refractivity contribution in [3.63, 3.8) is 0 Å². The van der Waals surface area contributed by atoms with Crippen LogP contribution in [0.2, 0.25) is 0 Å². The van der Waals surface area contributed by atoms with Crippen LogP contribution < -0.4 is 27.8 Å². The lowest BCUT2D eigenvalue weighted by molar-refractivity contribution is -0.385. The molecule has 57 heavy (non-hydrogen) atoms. The van der Waals surface area contributed by atoms with Gasteiger partial charge in [0.05, 0.1) is 14.8 Å². The van der Waals surface area contributed by atoms with Gasteiger partial charge in [-0.1, -0.05) is 54.6 Å². The number of non-ortho nitro benzene ring substituents is 3. The fourth-order valence-corrected chi connectivity index (χ4v) is 12.3. The minimum atomic E-state index is -4.30. The van der Waals surface area contributed by atoms with Gasteiger partial charge in [0.1, 0.15) is 34.5 Å². The third kappa shape index (κ3) is 9.42. The number of hydrogen-bond acceptors (Lipinski definition) is 15. The van der Waals surface area contributed by atoms with Gasteiger partial charge in [-0.3, -0.25) is 30.3 Å². The summed E-state index contributed by atoms with van der Waals surface area (Å²) in [5, 5.41) is 34.7. The lowest BCUT2D eigenvalue weighted by Crippen LogP contribution is -2.37. The highest BCUT2D eigenvalue weighted by molar-refractivity contribution is 7.78. The second-order valence-electron chi connectivity index (χ2n) is 11.3. The molecule has 18 nitrogen and oxygen atoms in total. The fraction of sp³-hybridized carbons (Fsp3) is 0. The molecule has 2 atom stereocenters. The minimum absolute atomic E-state index is 0.0404. The molecule has 7 rings (SSSR count). The van der Waals surface area contributed by atoms with Crippen molar-refractivity contribution in [2.75, 3.05) is 0 Å². The van der Waals surface area contributed by atoms with Gasteiger partial charge in [-0.25, -0.2) is 0 Å². The number of benzene rings is 6. The molecule has 0 bridgehead atoms. The topological polar surface area (TPSA) is 204 Å². The van der Waals surface area contributed by atoms with Crippen LogP contribution in [-0.4, -0.2) is 24.0 Å². The monoisotopic (exact) mass is 828 g/mol. The zero-order chi connectivity index (χ0) is 39.8. The molecule has 1 aliphatic rings. The zero-order valence-electron chi connectivity index (χ0n) is 29.0. The van der Waals surface area contributed by atoms with Crippen molar-refractivity contribution in [3.8, 4) is 34.5 Å². The van der Waals surface area contributed by atoms with Crippen molar-refractivity contribution >= 4 is 41.6 Å². The molecule has 0 saturated carbocycles. The predicted octanol–water partition coefficient (Wildman–Crippen LogP) is 11.0. The maximum absolute atomic E-state index is 11.6. The SMILES string of the molecule is O=[N+]([O-])c1ccc(ON2P(Oc3ccccc3)N(Oc3ccccc3)P(Oc3ccccc3)N=P2(Oc2ccc([N+](=O)[O-])cc2)Oc2ccc([N+](=O)[O-])cc2)cc1. The van der Waals surface area contributed by atoms with Gasteiger partial charge in [0.15, 0.2) is 0 Å². The summed E-state index contributed by atoms with van der Waals surface area (Å²) in [5.41, 5.74) is -0.665. The van der Waals surface area contributed by atoms with Crippen molar-refractivity contribution in [2.24, 2.45) is 4.52 Å². The maximum atomic E-state index is 11.6. The lowest BCUT2D eigenvalue weighted by Gasteiger charge is -2.43. The van der Waals surface area contributed by atoms with E-state index < -0.39 is 39.3 Å². The van der Waals surface area contributed by atoms with E-state index >= 15 is 0 Å². The van der Waals surface area contributed by atoms with Crippen LogP contribution in [0.1, 0.15) is 0 Å². The van der Waals surface area contributed by atoms with E-state index in [0.717, 1.165) is 0 Å². The smallest absolute Gasteiger partial charge is 0.440 e. The Morgan fingerprint density at radius 1 is 0.456 bits per heavy atom. The van der Waals surface area contributed by atoms with Crippen LogP contribution in [0.4, 0.5) is 17.1 Å². The largest absolute Gasteiger partial charge is 0.447 e. The molecule has 1 aliphatic heterocycles. The zero-order valence-corrected chi connectivity index (χ0v) is 31.7. The molecule has 6 aromatic rings. The molecular formula is C36H27N6O12P3. The molecule has 0 amide bonds. The average Bonchev–Trinajstić information content (AvgIpc) is 3.22. The molecule has 2 unspecified atom stereocenters. The van der Waals surface area contributed by atoms with Gasteiger partial charge < -0.3 is 27.8 Å². The first-order valence-corrected chi connectivity index (χ1v) is 20.3. The summed E-state index contributed by atoms with van der Waals surface area (Å²) < 4.78 is 34.3. The Morgan fingerprint density at radius 2 is 0.825 bits per heavy atom. The number of para-hydroxylation sites is 3. The summed E-state index contributed by atoms with van der Waals surface area (Å²) in [5.74, 6) is 1.20. The molecule has 0 fully saturated rings. The van der Waals surface area contributed by atoms with Crippen LogP contribution in [0.3, 0.4) is 0 Å². The van der Waals surface area contributed by atoms with Gasteiger partial charge in [-0.2, -0.15) is 0 Å². The van der Waals surface area contributed by atoms with Crippen LogP contribution in [0.5, 0.6) is 34.5 Å². The van der Waals surface area contributed by atoms with E-state index in [1.54, 1.807) is 91.0 Å². The second kappa shape index (κ2) is 17.4. The number of hydrogen-bond donors (Lipinski definition) is 0. The Labute approximate surface area is 325 Å². The van der Waals surface area contributed by atoms with E-state index in [-0.39, 0.29) is 34.3 Å². The van der Waals surface area contributed by atoms with Crippen LogP contribution in [0.15, 0.2) is 168 Å². The molecular weight excluding hydrogens is 801 g/mol. The number of nitro benzene ring substituents is 3. The Balaban J connectivity index is 1.48. The molecule has 0 N–H and O–H groups in total. The molecule has 0 aromatic heterocycles. The van der Waals surface area contributed by atoms with Crippen molar-refractivity contribution in [1.82, 2.24) is 9.21 Å². The Kier molecular flexibility index (Phi) is 11.8. The van der Waals surface area contributed by atoms with Crippen LogP contribution >= 0.6 is 24.6 Å². The van der Waals surface area contributed by atoms with E-state index in [9.17, 15) is 30.3 Å². The van der Waals surface area contributed by atoms with Crippen LogP contribution in [0, 0.1) is 30.3 Å². The van der Waals surface area contributed by atoms with Gasteiger partial charge in [0.25, 0.3) is 17.1 Å². The average molecular weight is 829 g/mol. The van der Waals surface area contributed by atoms with Crippen molar-refractivity contribution in [1.29, 1.82) is 0 Å². The molecule has 0 radical (unpaired) electrons. The molecule has 1 heterocycles. The van der Waals surface area contributed by atoms with Crippen molar-refractivity contribution < 1.29 is 42.5 Å². The summed E-state index contributed by atoms with van der Waals surface area (Å²) in [6, 6.07) is 41.5. The Bertz CT molecular complexity index is 2320. The summed E-state index contributed by atoms with van der Waals surface area (Å²) >= 11 is 0. The Morgan fingerprint density at radius 3 is 1.25 bits per heavy atom. The summed E-state index contributed by atoms with van der Waals surface area (Å²) in [6.45, 7) is 0. The number of rotatable bonds is 15. The predicted molar refractivity (Wildman–Crippen MR) is 209 cm³/mol. The molecule has 288 valence electrons. The first-order valence-electron chi connectivity index (χ1n) is 16.5. The Hall–Kier alpha value is -6.67. The van der Waals surface area contributed by atoms with Crippen molar-refractivity contribution in [2.45, 2.75) is 0 Å². The van der Waals surface area contributed by atoms with Crippen molar-refractivity contribution in [3.05, 3.63) is 194 Å². The summed E-state index contributed by atoms with van der Waals surface area (Å²) in [4.78, 5) is 46.1. The number of nitro groups is 3. The van der Waals surface area contributed by atoms with Gasteiger partial charge in [0.2, 0.25) is 0 Å². The van der Waals surface area contributed by atoms with Gasteiger partial charge in [-0.05, 0) is 72.8 Å². The van der Waals surface area contributed by atoms with Crippen LogP contribution in [-0.2, 0) is 0 Å². The first kappa shape index (κ1) is 38.6. The number of nitrogens with zero attached hydrogens (tertiary/aromatic N) is 6. The molecule has 21 heteroatoms. The third-order valence-corrected chi connectivity index (χ3v) is 14.3. The first-order chi connectivity index (χ1) is 27.7. The molecule has 6 aromatic carbocycles. The van der Waals surface area contributed by atoms with Gasteiger partial charge >= 0.3 is 24.6 Å². The van der Waals surface area contributed by atoms with E-state index in [0.29, 0.717) is 17.2 Å². The highest BCUT2D eigenvalue weighted by Gasteiger charge is 2.58. The highest BCUT2D eigenvalue weighted by Crippen LogP contribution is 2.77.